The van der Waals surface area contributed by atoms with Crippen LogP contribution in [0.4, 0.5) is 4.79 Å². The molecule has 124 valence electrons. The zero-order chi connectivity index (χ0) is 17.2. The predicted octanol–water partition coefficient (Wildman–Crippen LogP) is 1.49. The molecule has 0 aliphatic carbocycles. The van der Waals surface area contributed by atoms with Crippen LogP contribution in [0.3, 0.4) is 0 Å². The Balaban J connectivity index is 2.23. The zero-order valence-corrected chi connectivity index (χ0v) is 14.0. The fourth-order valence-electron chi connectivity index (χ4n) is 2.61. The van der Waals surface area contributed by atoms with Crippen LogP contribution in [-0.2, 0) is 21.5 Å². The van der Waals surface area contributed by atoms with Gasteiger partial charge in [-0.1, -0.05) is 37.6 Å². The van der Waals surface area contributed by atoms with Gasteiger partial charge in [0.15, 0.2) is 0 Å². The normalized spacial score (nSPS) is 20.6. The maximum Gasteiger partial charge on any atom is 0.325 e. The topological polar surface area (TPSA) is 69.7 Å². The molecular formula is C17H23N3O3. The molecular weight excluding hydrogens is 294 g/mol. The molecule has 0 unspecified atom stereocenters. The molecule has 23 heavy (non-hydrogen) atoms. The molecule has 0 aromatic heterocycles. The number of aryl methyl sites for hydroxylation is 1. The van der Waals surface area contributed by atoms with E-state index in [0.717, 1.165) is 23.3 Å². The molecule has 6 nitrogen and oxygen atoms in total. The minimum Gasteiger partial charge on any atom is -0.347 e. The number of carbonyl (C=O) groups excluding carboxylic acids is 3. The van der Waals surface area contributed by atoms with Crippen LogP contribution >= 0.6 is 0 Å². The Morgan fingerprint density at radius 1 is 1.22 bits per heavy atom. The SMILES string of the molecule is CCCc1ccc([C@]2(C)NC(=O)N(CC(=O)N(C)C)C2=O)cc1. The lowest BCUT2D eigenvalue weighted by atomic mass is 9.91. The summed E-state index contributed by atoms with van der Waals surface area (Å²) in [5.74, 6) is -0.697. The molecule has 0 radical (unpaired) electrons. The number of benzene rings is 1. The van der Waals surface area contributed by atoms with E-state index in [-0.39, 0.29) is 12.5 Å². The van der Waals surface area contributed by atoms with E-state index in [9.17, 15) is 14.4 Å². The highest BCUT2D eigenvalue weighted by molar-refractivity contribution is 6.09. The molecule has 1 aliphatic heterocycles. The van der Waals surface area contributed by atoms with E-state index in [4.69, 9.17) is 0 Å². The number of likely N-dealkylation sites (N-methyl/N-ethyl adjacent to an activating group) is 1. The monoisotopic (exact) mass is 317 g/mol. The molecule has 1 heterocycles. The summed E-state index contributed by atoms with van der Waals surface area (Å²) in [6.45, 7) is 3.53. The minimum absolute atomic E-state index is 0.249. The molecule has 1 fully saturated rings. The van der Waals surface area contributed by atoms with E-state index in [1.807, 2.05) is 24.3 Å². The van der Waals surface area contributed by atoms with Gasteiger partial charge in [-0.15, -0.1) is 0 Å². The summed E-state index contributed by atoms with van der Waals surface area (Å²) in [6.07, 6.45) is 2.02. The van der Waals surface area contributed by atoms with Gasteiger partial charge < -0.3 is 10.2 Å². The van der Waals surface area contributed by atoms with Crippen molar-refractivity contribution < 1.29 is 14.4 Å². The van der Waals surface area contributed by atoms with Crippen molar-refractivity contribution in [3.05, 3.63) is 35.4 Å². The third-order valence-corrected chi connectivity index (χ3v) is 4.14. The summed E-state index contributed by atoms with van der Waals surface area (Å²) >= 11 is 0. The van der Waals surface area contributed by atoms with E-state index in [0.29, 0.717) is 0 Å². The first-order chi connectivity index (χ1) is 10.8. The number of imide groups is 1. The van der Waals surface area contributed by atoms with E-state index in [2.05, 4.69) is 12.2 Å². The van der Waals surface area contributed by atoms with E-state index < -0.39 is 17.5 Å². The van der Waals surface area contributed by atoms with Crippen LogP contribution in [0.1, 0.15) is 31.4 Å². The summed E-state index contributed by atoms with van der Waals surface area (Å²) in [4.78, 5) is 38.9. The fourth-order valence-corrected chi connectivity index (χ4v) is 2.61. The summed E-state index contributed by atoms with van der Waals surface area (Å²) < 4.78 is 0. The first-order valence-electron chi connectivity index (χ1n) is 7.73. The van der Waals surface area contributed by atoms with Crippen molar-refractivity contribution >= 4 is 17.8 Å². The van der Waals surface area contributed by atoms with Crippen molar-refractivity contribution in [1.82, 2.24) is 15.1 Å². The lowest BCUT2D eigenvalue weighted by Gasteiger charge is -2.22. The Morgan fingerprint density at radius 2 is 1.83 bits per heavy atom. The van der Waals surface area contributed by atoms with Gasteiger partial charge >= 0.3 is 6.03 Å². The zero-order valence-electron chi connectivity index (χ0n) is 14.0. The fraction of sp³-hybridized carbons (Fsp3) is 0.471. The smallest absolute Gasteiger partial charge is 0.325 e. The molecule has 1 N–H and O–H groups in total. The van der Waals surface area contributed by atoms with Crippen molar-refractivity contribution in [3.63, 3.8) is 0 Å². The van der Waals surface area contributed by atoms with Gasteiger partial charge in [-0.2, -0.15) is 0 Å². The second kappa shape index (κ2) is 6.40. The Hall–Kier alpha value is -2.37. The number of carbonyl (C=O) groups is 3. The van der Waals surface area contributed by atoms with Crippen LogP contribution in [-0.4, -0.2) is 48.3 Å². The van der Waals surface area contributed by atoms with E-state index >= 15 is 0 Å². The van der Waals surface area contributed by atoms with Gasteiger partial charge in [-0.3, -0.25) is 14.5 Å². The molecule has 1 atom stereocenters. The highest BCUT2D eigenvalue weighted by Gasteiger charge is 2.49. The summed E-state index contributed by atoms with van der Waals surface area (Å²) in [6, 6.07) is 7.13. The second-order valence-corrected chi connectivity index (χ2v) is 6.18. The van der Waals surface area contributed by atoms with Crippen LogP contribution in [0, 0.1) is 0 Å². The summed E-state index contributed by atoms with van der Waals surface area (Å²) in [5, 5.41) is 2.71. The Labute approximate surface area is 136 Å². The summed E-state index contributed by atoms with van der Waals surface area (Å²) in [5.41, 5.74) is 0.779. The van der Waals surface area contributed by atoms with Crippen LogP contribution in [0.5, 0.6) is 0 Å². The van der Waals surface area contributed by atoms with Crippen molar-refractivity contribution in [3.8, 4) is 0 Å². The van der Waals surface area contributed by atoms with Crippen molar-refractivity contribution in [2.24, 2.45) is 0 Å². The second-order valence-electron chi connectivity index (χ2n) is 6.18. The van der Waals surface area contributed by atoms with Crippen molar-refractivity contribution in [2.45, 2.75) is 32.2 Å². The molecule has 0 spiro atoms. The molecule has 2 rings (SSSR count). The number of nitrogens with zero attached hydrogens (tertiary/aromatic N) is 2. The van der Waals surface area contributed by atoms with Gasteiger partial charge in [-0.05, 0) is 24.5 Å². The first-order valence-corrected chi connectivity index (χ1v) is 7.73. The molecule has 1 aromatic rings. The molecule has 1 saturated heterocycles. The molecule has 6 heteroatoms. The molecule has 0 bridgehead atoms. The maximum atomic E-state index is 12.7. The highest BCUT2D eigenvalue weighted by atomic mass is 16.2. The Kier molecular flexibility index (Phi) is 4.73. The quantitative estimate of drug-likeness (QED) is 0.837. The van der Waals surface area contributed by atoms with Crippen LogP contribution in [0.25, 0.3) is 0 Å². The molecule has 4 amide bonds. The maximum absolute atomic E-state index is 12.7. The van der Waals surface area contributed by atoms with Crippen molar-refractivity contribution in [1.29, 1.82) is 0 Å². The van der Waals surface area contributed by atoms with Gasteiger partial charge in [0.1, 0.15) is 12.1 Å². The van der Waals surface area contributed by atoms with Gasteiger partial charge in [0.25, 0.3) is 5.91 Å². The predicted molar refractivity (Wildman–Crippen MR) is 86.7 cm³/mol. The average molecular weight is 317 g/mol. The van der Waals surface area contributed by atoms with E-state index in [1.54, 1.807) is 21.0 Å². The van der Waals surface area contributed by atoms with Crippen LogP contribution in [0.15, 0.2) is 24.3 Å². The molecule has 1 aromatic carbocycles. The van der Waals surface area contributed by atoms with E-state index in [1.165, 1.54) is 10.5 Å². The van der Waals surface area contributed by atoms with Gasteiger partial charge in [0, 0.05) is 14.1 Å². The largest absolute Gasteiger partial charge is 0.347 e. The van der Waals surface area contributed by atoms with Crippen LogP contribution < -0.4 is 5.32 Å². The summed E-state index contributed by atoms with van der Waals surface area (Å²) in [7, 11) is 3.18. The number of hydrogen-bond acceptors (Lipinski definition) is 3. The van der Waals surface area contributed by atoms with Gasteiger partial charge in [-0.25, -0.2) is 4.79 Å². The van der Waals surface area contributed by atoms with Crippen molar-refractivity contribution in [2.75, 3.05) is 20.6 Å². The number of urea groups is 1. The first kappa shape index (κ1) is 17.0. The average Bonchev–Trinajstić information content (AvgIpc) is 2.72. The number of hydrogen-bond donors (Lipinski definition) is 1. The Morgan fingerprint density at radius 3 is 2.35 bits per heavy atom. The van der Waals surface area contributed by atoms with Crippen LogP contribution in [0.2, 0.25) is 0 Å². The molecule has 0 saturated carbocycles. The highest BCUT2D eigenvalue weighted by Crippen LogP contribution is 2.29. The lowest BCUT2D eigenvalue weighted by Crippen LogP contribution is -2.43. The third-order valence-electron chi connectivity index (χ3n) is 4.14. The van der Waals surface area contributed by atoms with Gasteiger partial charge in [0.2, 0.25) is 5.91 Å². The lowest BCUT2D eigenvalue weighted by molar-refractivity contribution is -0.137. The van der Waals surface area contributed by atoms with Gasteiger partial charge in [0.05, 0.1) is 0 Å². The standard InChI is InChI=1S/C17H23N3O3/c1-5-6-12-7-9-13(10-8-12)17(2)15(22)20(16(23)18-17)11-14(21)19(3)4/h7-10H,5-6,11H2,1-4H3,(H,18,23)/t17-/m0/s1. The Bertz CT molecular complexity index is 624. The third kappa shape index (κ3) is 3.21. The number of amides is 4. The minimum atomic E-state index is -1.13. The molecule has 1 aliphatic rings. The number of rotatable bonds is 5. The number of nitrogens with one attached hydrogen (secondary N) is 1.